The normalized spacial score (nSPS) is 19.7. The van der Waals surface area contributed by atoms with Gasteiger partial charge in [0.2, 0.25) is 0 Å². The van der Waals surface area contributed by atoms with Crippen molar-refractivity contribution in [1.82, 2.24) is 9.03 Å². The van der Waals surface area contributed by atoms with Gasteiger partial charge in [0.15, 0.2) is 0 Å². The molecule has 0 amide bonds. The molecule has 6 nitrogen and oxygen atoms in total. The van der Waals surface area contributed by atoms with Gasteiger partial charge in [-0.15, -0.1) is 0 Å². The highest BCUT2D eigenvalue weighted by Gasteiger charge is 2.45. The number of nitrogens with one attached hydrogen (secondary N) is 1. The van der Waals surface area contributed by atoms with Crippen molar-refractivity contribution in [1.29, 1.82) is 0 Å². The zero-order valence-electron chi connectivity index (χ0n) is 10.3. The first-order valence-electron chi connectivity index (χ1n) is 5.90. The molecule has 0 aromatic carbocycles. The van der Waals surface area contributed by atoms with E-state index in [1.54, 1.807) is 13.8 Å². The van der Waals surface area contributed by atoms with E-state index in [2.05, 4.69) is 4.72 Å². The van der Waals surface area contributed by atoms with E-state index in [1.807, 2.05) is 0 Å². The van der Waals surface area contributed by atoms with Crippen molar-refractivity contribution >= 4 is 16.2 Å². The zero-order valence-corrected chi connectivity index (χ0v) is 11.1. The molecular weight excluding hydrogens is 244 g/mol. The molecule has 1 saturated carbocycles. The Morgan fingerprint density at radius 3 is 2.12 bits per heavy atom. The van der Waals surface area contributed by atoms with Crippen LogP contribution in [0.4, 0.5) is 0 Å². The Bertz CT molecular complexity index is 370. The van der Waals surface area contributed by atoms with E-state index in [4.69, 9.17) is 0 Å². The van der Waals surface area contributed by atoms with E-state index in [1.165, 1.54) is 4.31 Å². The monoisotopic (exact) mass is 264 g/mol. The molecule has 1 aliphatic rings. The summed E-state index contributed by atoms with van der Waals surface area (Å²) in [4.78, 5) is 11.3. The van der Waals surface area contributed by atoms with Crippen molar-refractivity contribution in [3.8, 4) is 0 Å². The minimum Gasteiger partial charge on any atom is -0.480 e. The fourth-order valence-electron chi connectivity index (χ4n) is 2.21. The second-order valence-corrected chi connectivity index (χ2v) is 5.96. The van der Waals surface area contributed by atoms with Crippen LogP contribution in [-0.2, 0) is 15.0 Å². The summed E-state index contributed by atoms with van der Waals surface area (Å²) in [5.74, 6) is -1.08. The molecule has 0 atom stereocenters. The molecule has 7 heteroatoms. The van der Waals surface area contributed by atoms with Gasteiger partial charge in [0.25, 0.3) is 10.2 Å². The molecule has 0 saturated heterocycles. The number of hydrogen-bond acceptors (Lipinski definition) is 3. The van der Waals surface area contributed by atoms with E-state index in [-0.39, 0.29) is 0 Å². The first kappa shape index (κ1) is 14.4. The SMILES string of the molecule is CCN(CC)S(=O)(=O)NC1(C(=O)O)CCCC1. The summed E-state index contributed by atoms with van der Waals surface area (Å²) in [6.45, 7) is 4.12. The lowest BCUT2D eigenvalue weighted by Gasteiger charge is -2.28. The Labute approximate surface area is 102 Å². The summed E-state index contributed by atoms with van der Waals surface area (Å²) in [7, 11) is -3.71. The Morgan fingerprint density at radius 2 is 1.76 bits per heavy atom. The maximum atomic E-state index is 12.0. The van der Waals surface area contributed by atoms with Gasteiger partial charge in [-0.2, -0.15) is 17.4 Å². The van der Waals surface area contributed by atoms with Gasteiger partial charge in [-0.3, -0.25) is 4.79 Å². The number of carboxylic acids is 1. The van der Waals surface area contributed by atoms with Gasteiger partial charge in [0.05, 0.1) is 0 Å². The third kappa shape index (κ3) is 2.97. The smallest absolute Gasteiger partial charge is 0.324 e. The maximum Gasteiger partial charge on any atom is 0.324 e. The van der Waals surface area contributed by atoms with Crippen molar-refractivity contribution < 1.29 is 18.3 Å². The van der Waals surface area contributed by atoms with Gasteiger partial charge in [0, 0.05) is 13.1 Å². The summed E-state index contributed by atoms with van der Waals surface area (Å²) in [5.41, 5.74) is -1.30. The van der Waals surface area contributed by atoms with Gasteiger partial charge in [-0.25, -0.2) is 0 Å². The highest BCUT2D eigenvalue weighted by molar-refractivity contribution is 7.87. The van der Waals surface area contributed by atoms with E-state index in [0.29, 0.717) is 25.9 Å². The molecule has 0 aromatic heterocycles. The topological polar surface area (TPSA) is 86.7 Å². The van der Waals surface area contributed by atoms with Gasteiger partial charge in [0.1, 0.15) is 5.54 Å². The molecule has 0 spiro atoms. The van der Waals surface area contributed by atoms with Crippen LogP contribution in [0.15, 0.2) is 0 Å². The molecule has 0 heterocycles. The molecule has 2 N–H and O–H groups in total. The van der Waals surface area contributed by atoms with Crippen molar-refractivity contribution in [3.05, 3.63) is 0 Å². The average molecular weight is 264 g/mol. The van der Waals surface area contributed by atoms with Gasteiger partial charge < -0.3 is 5.11 Å². The summed E-state index contributed by atoms with van der Waals surface area (Å²) < 4.78 is 27.6. The molecule has 1 fully saturated rings. The fourth-order valence-corrected chi connectivity index (χ4v) is 3.81. The summed E-state index contributed by atoms with van der Waals surface area (Å²) in [6, 6.07) is 0. The lowest BCUT2D eigenvalue weighted by Crippen LogP contribution is -2.56. The molecule has 0 unspecified atom stereocenters. The number of carboxylic acid groups (broad SMARTS) is 1. The van der Waals surface area contributed by atoms with Gasteiger partial charge in [-0.05, 0) is 12.8 Å². The van der Waals surface area contributed by atoms with Crippen molar-refractivity contribution in [3.63, 3.8) is 0 Å². The van der Waals surface area contributed by atoms with Crippen LogP contribution in [0.3, 0.4) is 0 Å². The average Bonchev–Trinajstić information content (AvgIpc) is 2.68. The van der Waals surface area contributed by atoms with Crippen molar-refractivity contribution in [2.45, 2.75) is 45.1 Å². The molecule has 0 radical (unpaired) electrons. The van der Waals surface area contributed by atoms with E-state index in [0.717, 1.165) is 12.8 Å². The van der Waals surface area contributed by atoms with E-state index >= 15 is 0 Å². The van der Waals surface area contributed by atoms with Crippen LogP contribution in [0.1, 0.15) is 39.5 Å². The van der Waals surface area contributed by atoms with Crippen LogP contribution in [0, 0.1) is 0 Å². The molecule has 100 valence electrons. The van der Waals surface area contributed by atoms with Gasteiger partial charge >= 0.3 is 5.97 Å². The van der Waals surface area contributed by atoms with E-state index < -0.39 is 21.7 Å². The second kappa shape index (κ2) is 5.32. The van der Waals surface area contributed by atoms with Crippen molar-refractivity contribution in [2.75, 3.05) is 13.1 Å². The van der Waals surface area contributed by atoms with Crippen LogP contribution in [0.25, 0.3) is 0 Å². The molecule has 1 rings (SSSR count). The first-order valence-corrected chi connectivity index (χ1v) is 7.34. The number of carbonyl (C=O) groups is 1. The van der Waals surface area contributed by atoms with Crippen LogP contribution in [-0.4, -0.2) is 42.4 Å². The number of hydrogen-bond donors (Lipinski definition) is 2. The van der Waals surface area contributed by atoms with E-state index in [9.17, 15) is 18.3 Å². The fraction of sp³-hybridized carbons (Fsp3) is 0.900. The molecule has 0 bridgehead atoms. The maximum absolute atomic E-state index is 12.0. The number of rotatable bonds is 6. The second-order valence-electron chi connectivity index (χ2n) is 4.29. The standard InChI is InChI=1S/C10H20N2O4S/c1-3-12(4-2)17(15,16)11-10(9(13)14)7-5-6-8-10/h11H,3-8H2,1-2H3,(H,13,14). The highest BCUT2D eigenvalue weighted by Crippen LogP contribution is 2.30. The van der Waals surface area contributed by atoms with Crippen LogP contribution in [0.5, 0.6) is 0 Å². The molecule has 0 aromatic rings. The molecular formula is C10H20N2O4S. The quantitative estimate of drug-likeness (QED) is 0.734. The largest absolute Gasteiger partial charge is 0.480 e. The number of aliphatic carboxylic acids is 1. The highest BCUT2D eigenvalue weighted by atomic mass is 32.2. The minimum atomic E-state index is -3.71. The Hall–Kier alpha value is -0.660. The Kier molecular flexibility index (Phi) is 4.51. The Balaban J connectivity index is 2.91. The number of nitrogens with zero attached hydrogens (tertiary/aromatic N) is 1. The Morgan fingerprint density at radius 1 is 1.29 bits per heavy atom. The molecule has 17 heavy (non-hydrogen) atoms. The third-order valence-corrected chi connectivity index (χ3v) is 5.08. The molecule has 1 aliphatic carbocycles. The van der Waals surface area contributed by atoms with Crippen LogP contribution >= 0.6 is 0 Å². The van der Waals surface area contributed by atoms with Crippen LogP contribution in [0.2, 0.25) is 0 Å². The summed E-state index contributed by atoms with van der Waals surface area (Å²) >= 11 is 0. The minimum absolute atomic E-state index is 0.335. The zero-order chi connectivity index (χ0) is 13.1. The predicted octanol–water partition coefficient (Wildman–Crippen LogP) is 0.560. The summed E-state index contributed by atoms with van der Waals surface area (Å²) in [6.07, 6.45) is 2.21. The van der Waals surface area contributed by atoms with Crippen molar-refractivity contribution in [2.24, 2.45) is 0 Å². The lowest BCUT2D eigenvalue weighted by molar-refractivity contribution is -0.143. The predicted molar refractivity (Wildman–Crippen MR) is 63.8 cm³/mol. The third-order valence-electron chi connectivity index (χ3n) is 3.24. The molecule has 0 aliphatic heterocycles. The summed E-state index contributed by atoms with van der Waals surface area (Å²) in [5, 5.41) is 9.21. The first-order chi connectivity index (χ1) is 7.88. The van der Waals surface area contributed by atoms with Crippen LogP contribution < -0.4 is 4.72 Å². The lowest BCUT2D eigenvalue weighted by atomic mass is 10.0. The van der Waals surface area contributed by atoms with Gasteiger partial charge in [-0.1, -0.05) is 26.7 Å².